The lowest BCUT2D eigenvalue weighted by Gasteiger charge is -2.44. The summed E-state index contributed by atoms with van der Waals surface area (Å²) in [7, 11) is 0. The molecule has 0 spiro atoms. The number of halogens is 1. The quantitative estimate of drug-likeness (QED) is 0.613. The Kier molecular flexibility index (Phi) is 7.91. The first kappa shape index (κ1) is 24.2. The van der Waals surface area contributed by atoms with E-state index in [9.17, 15) is 9.18 Å². The van der Waals surface area contributed by atoms with Crippen LogP contribution in [0, 0.1) is 0 Å². The molecule has 1 saturated heterocycles. The average Bonchev–Trinajstić information content (AvgIpc) is 2.78. The molecule has 0 radical (unpaired) electrons. The van der Waals surface area contributed by atoms with Crippen molar-refractivity contribution in [1.82, 2.24) is 4.90 Å². The van der Waals surface area contributed by atoms with E-state index in [1.807, 2.05) is 45.9 Å². The number of hydrogen-bond acceptors (Lipinski definition) is 5. The van der Waals surface area contributed by atoms with Crippen molar-refractivity contribution in [2.45, 2.75) is 70.2 Å². The third-order valence-corrected chi connectivity index (χ3v) is 6.12. The van der Waals surface area contributed by atoms with Crippen molar-refractivity contribution in [3.05, 3.63) is 65.7 Å². The fourth-order valence-electron chi connectivity index (χ4n) is 4.45. The van der Waals surface area contributed by atoms with E-state index >= 15 is 0 Å². The van der Waals surface area contributed by atoms with E-state index in [-0.39, 0.29) is 18.1 Å². The lowest BCUT2D eigenvalue weighted by Crippen LogP contribution is -2.54. The summed E-state index contributed by atoms with van der Waals surface area (Å²) >= 11 is 0. The SMILES string of the molecule is CC(C(N)C(=O)OC(C)(C)C)N1CCC(c2ccccc2)CC1c1ccc(OCF)cc1. The van der Waals surface area contributed by atoms with Crippen molar-refractivity contribution in [2.75, 3.05) is 13.4 Å². The van der Waals surface area contributed by atoms with Crippen LogP contribution in [-0.4, -0.2) is 42.0 Å². The lowest BCUT2D eigenvalue weighted by molar-refractivity contribution is -0.158. The van der Waals surface area contributed by atoms with Crippen molar-refractivity contribution in [3.63, 3.8) is 0 Å². The molecule has 2 aromatic carbocycles. The number of alkyl halides is 1. The van der Waals surface area contributed by atoms with Crippen molar-refractivity contribution in [3.8, 4) is 5.75 Å². The van der Waals surface area contributed by atoms with E-state index in [1.165, 1.54) is 5.56 Å². The molecular formula is C26H35FN2O3. The normalized spacial score (nSPS) is 21.6. The van der Waals surface area contributed by atoms with E-state index in [2.05, 4.69) is 29.2 Å². The van der Waals surface area contributed by atoms with Gasteiger partial charge in [-0.25, -0.2) is 4.39 Å². The second-order valence-electron chi connectivity index (χ2n) is 9.51. The maximum atomic E-state index is 12.7. The van der Waals surface area contributed by atoms with Crippen LogP contribution in [0.3, 0.4) is 0 Å². The zero-order valence-electron chi connectivity index (χ0n) is 19.5. The number of benzene rings is 2. The van der Waals surface area contributed by atoms with Crippen LogP contribution in [0.1, 0.15) is 63.6 Å². The monoisotopic (exact) mass is 442 g/mol. The molecule has 2 aromatic rings. The molecule has 0 aromatic heterocycles. The van der Waals surface area contributed by atoms with Gasteiger partial charge >= 0.3 is 5.97 Å². The summed E-state index contributed by atoms with van der Waals surface area (Å²) in [6, 6.07) is 17.2. The molecule has 5 nitrogen and oxygen atoms in total. The maximum Gasteiger partial charge on any atom is 0.325 e. The smallest absolute Gasteiger partial charge is 0.325 e. The summed E-state index contributed by atoms with van der Waals surface area (Å²) in [5.74, 6) is 0.515. The Morgan fingerprint density at radius 2 is 1.78 bits per heavy atom. The Balaban J connectivity index is 1.85. The summed E-state index contributed by atoms with van der Waals surface area (Å²) < 4.78 is 23.0. The highest BCUT2D eigenvalue weighted by Crippen LogP contribution is 2.41. The predicted molar refractivity (Wildman–Crippen MR) is 124 cm³/mol. The molecule has 32 heavy (non-hydrogen) atoms. The molecule has 0 aliphatic carbocycles. The summed E-state index contributed by atoms with van der Waals surface area (Å²) in [6.07, 6.45) is 1.88. The van der Waals surface area contributed by atoms with Gasteiger partial charge in [0.25, 0.3) is 0 Å². The van der Waals surface area contributed by atoms with Gasteiger partial charge in [-0.3, -0.25) is 9.69 Å². The molecular weight excluding hydrogens is 407 g/mol. The molecule has 2 N–H and O–H groups in total. The summed E-state index contributed by atoms with van der Waals surface area (Å²) in [4.78, 5) is 15.0. The molecule has 1 heterocycles. The number of likely N-dealkylation sites (tertiary alicyclic amines) is 1. The molecule has 3 rings (SSSR count). The van der Waals surface area contributed by atoms with E-state index in [4.69, 9.17) is 15.2 Å². The molecule has 0 amide bonds. The largest absolute Gasteiger partial charge is 0.463 e. The van der Waals surface area contributed by atoms with E-state index < -0.39 is 18.5 Å². The second-order valence-corrected chi connectivity index (χ2v) is 9.51. The van der Waals surface area contributed by atoms with Crippen LogP contribution in [0.2, 0.25) is 0 Å². The fraction of sp³-hybridized carbons (Fsp3) is 0.500. The third-order valence-electron chi connectivity index (χ3n) is 6.12. The van der Waals surface area contributed by atoms with Crippen LogP contribution >= 0.6 is 0 Å². The number of nitrogens with two attached hydrogens (primary N) is 1. The minimum Gasteiger partial charge on any atom is -0.463 e. The molecule has 0 saturated carbocycles. The van der Waals surface area contributed by atoms with Crippen molar-refractivity contribution < 1.29 is 18.7 Å². The number of carbonyl (C=O) groups is 1. The van der Waals surface area contributed by atoms with Gasteiger partial charge in [-0.1, -0.05) is 42.5 Å². The molecule has 1 fully saturated rings. The first-order chi connectivity index (χ1) is 15.2. The number of hydrogen-bond donors (Lipinski definition) is 1. The van der Waals surface area contributed by atoms with Crippen molar-refractivity contribution >= 4 is 5.97 Å². The highest BCUT2D eigenvalue weighted by atomic mass is 19.1. The molecule has 4 atom stereocenters. The van der Waals surface area contributed by atoms with Crippen molar-refractivity contribution in [2.24, 2.45) is 5.73 Å². The van der Waals surface area contributed by atoms with Gasteiger partial charge in [0.05, 0.1) is 0 Å². The van der Waals surface area contributed by atoms with Crippen LogP contribution < -0.4 is 10.5 Å². The number of ether oxygens (including phenoxy) is 2. The first-order valence-electron chi connectivity index (χ1n) is 11.3. The van der Waals surface area contributed by atoms with Crippen LogP contribution in [-0.2, 0) is 9.53 Å². The van der Waals surface area contributed by atoms with Crippen LogP contribution in [0.4, 0.5) is 4.39 Å². The van der Waals surface area contributed by atoms with Gasteiger partial charge in [0.2, 0.25) is 6.86 Å². The summed E-state index contributed by atoms with van der Waals surface area (Å²) in [5.41, 5.74) is 8.20. The number of piperidine rings is 1. The highest BCUT2D eigenvalue weighted by molar-refractivity contribution is 5.76. The van der Waals surface area contributed by atoms with Crippen LogP contribution in [0.25, 0.3) is 0 Å². The number of nitrogens with zero attached hydrogens (tertiary/aromatic N) is 1. The van der Waals surface area contributed by atoms with Gasteiger partial charge < -0.3 is 15.2 Å². The lowest BCUT2D eigenvalue weighted by atomic mass is 9.81. The van der Waals surface area contributed by atoms with Crippen LogP contribution in [0.15, 0.2) is 54.6 Å². The molecule has 4 unspecified atom stereocenters. The first-order valence-corrected chi connectivity index (χ1v) is 11.3. The van der Waals surface area contributed by atoms with Crippen molar-refractivity contribution in [1.29, 1.82) is 0 Å². The molecule has 0 bridgehead atoms. The number of rotatable bonds is 7. The van der Waals surface area contributed by atoms with Gasteiger partial charge in [0.1, 0.15) is 17.4 Å². The zero-order valence-corrected chi connectivity index (χ0v) is 19.5. The van der Waals surface area contributed by atoms with Crippen LogP contribution in [0.5, 0.6) is 5.75 Å². The standard InChI is InChI=1S/C26H35FN2O3/c1-18(24(28)25(30)32-26(2,3)4)29-15-14-21(19-8-6-5-7-9-19)16-23(29)20-10-12-22(13-11-20)31-17-27/h5-13,18,21,23-24H,14-17,28H2,1-4H3. The third kappa shape index (κ3) is 6.08. The van der Waals surface area contributed by atoms with E-state index in [0.29, 0.717) is 11.7 Å². The minimum atomic E-state index is -0.854. The number of esters is 1. The predicted octanol–water partition coefficient (Wildman–Crippen LogP) is 4.97. The Morgan fingerprint density at radius 1 is 1.12 bits per heavy atom. The molecule has 6 heteroatoms. The van der Waals surface area contributed by atoms with Gasteiger partial charge in [-0.15, -0.1) is 0 Å². The molecule has 1 aliphatic rings. The topological polar surface area (TPSA) is 64.8 Å². The maximum absolute atomic E-state index is 12.7. The molecule has 1 aliphatic heterocycles. The number of carbonyl (C=O) groups excluding carboxylic acids is 1. The van der Waals surface area contributed by atoms with Gasteiger partial charge in [0, 0.05) is 12.1 Å². The Bertz CT molecular complexity index is 867. The van der Waals surface area contributed by atoms with Gasteiger partial charge in [-0.05, 0) is 76.3 Å². The Hall–Kier alpha value is -2.44. The zero-order chi connectivity index (χ0) is 23.3. The minimum absolute atomic E-state index is 0.0665. The summed E-state index contributed by atoms with van der Waals surface area (Å²) in [6.45, 7) is 7.48. The Labute approximate surface area is 190 Å². The van der Waals surface area contributed by atoms with Gasteiger partial charge in [-0.2, -0.15) is 0 Å². The Morgan fingerprint density at radius 3 is 2.38 bits per heavy atom. The highest BCUT2D eigenvalue weighted by Gasteiger charge is 2.38. The second kappa shape index (κ2) is 10.5. The fourth-order valence-corrected chi connectivity index (χ4v) is 4.45. The van der Waals surface area contributed by atoms with E-state index in [1.54, 1.807) is 12.1 Å². The van der Waals surface area contributed by atoms with Gasteiger partial charge in [0.15, 0.2) is 0 Å². The molecule has 174 valence electrons. The van der Waals surface area contributed by atoms with E-state index in [0.717, 1.165) is 24.9 Å². The summed E-state index contributed by atoms with van der Waals surface area (Å²) in [5, 5.41) is 0. The average molecular weight is 443 g/mol.